The first-order chi connectivity index (χ1) is 11.0. The number of H-pyrrole nitrogens is 1. The normalized spacial score (nSPS) is 11.4. The van der Waals surface area contributed by atoms with Crippen molar-refractivity contribution in [2.75, 3.05) is 13.4 Å². The van der Waals surface area contributed by atoms with Crippen molar-refractivity contribution in [3.05, 3.63) is 54.9 Å². The van der Waals surface area contributed by atoms with Crippen molar-refractivity contribution in [3.8, 4) is 28.3 Å². The van der Waals surface area contributed by atoms with Crippen LogP contribution >= 0.6 is 0 Å². The zero-order valence-electron chi connectivity index (χ0n) is 12.8. The van der Waals surface area contributed by atoms with E-state index >= 15 is 0 Å². The summed E-state index contributed by atoms with van der Waals surface area (Å²) in [6.45, 7) is 0. The van der Waals surface area contributed by atoms with Crippen molar-refractivity contribution in [1.82, 2.24) is 9.97 Å². The van der Waals surface area contributed by atoms with E-state index in [9.17, 15) is 8.42 Å². The average molecular weight is 328 g/mol. The van der Waals surface area contributed by atoms with Gasteiger partial charge >= 0.3 is 0 Å². The van der Waals surface area contributed by atoms with Crippen LogP contribution in [0, 0.1) is 0 Å². The van der Waals surface area contributed by atoms with Gasteiger partial charge in [-0.25, -0.2) is 13.4 Å². The van der Waals surface area contributed by atoms with Crippen molar-refractivity contribution in [2.24, 2.45) is 0 Å². The number of para-hydroxylation sites is 1. The molecule has 0 aliphatic carbocycles. The minimum absolute atomic E-state index is 0.252. The summed E-state index contributed by atoms with van der Waals surface area (Å²) in [5.74, 6) is 1.32. The first-order valence-corrected chi connectivity index (χ1v) is 8.87. The van der Waals surface area contributed by atoms with Crippen LogP contribution < -0.4 is 4.74 Å². The molecule has 0 saturated heterocycles. The maximum Gasteiger partial charge on any atom is 0.175 e. The summed E-state index contributed by atoms with van der Waals surface area (Å²) in [6.07, 6.45) is 4.53. The van der Waals surface area contributed by atoms with Gasteiger partial charge in [-0.1, -0.05) is 24.3 Å². The second-order valence-corrected chi connectivity index (χ2v) is 7.13. The molecular weight excluding hydrogens is 312 g/mol. The summed E-state index contributed by atoms with van der Waals surface area (Å²) in [5, 5.41) is 0. The Morgan fingerprint density at radius 2 is 1.83 bits per heavy atom. The van der Waals surface area contributed by atoms with Gasteiger partial charge in [-0.15, -0.1) is 0 Å². The molecule has 0 atom stereocenters. The fraction of sp³-hybridized carbons (Fsp3) is 0.118. The van der Waals surface area contributed by atoms with Gasteiger partial charge in [0.15, 0.2) is 9.84 Å². The molecule has 1 aromatic heterocycles. The predicted molar refractivity (Wildman–Crippen MR) is 89.1 cm³/mol. The highest BCUT2D eigenvalue weighted by Crippen LogP contribution is 2.37. The highest BCUT2D eigenvalue weighted by atomic mass is 32.2. The molecule has 0 unspecified atom stereocenters. The molecule has 118 valence electrons. The Morgan fingerprint density at radius 1 is 1.04 bits per heavy atom. The predicted octanol–water partition coefficient (Wildman–Crippen LogP) is 3.16. The van der Waals surface area contributed by atoms with Gasteiger partial charge in [0.25, 0.3) is 0 Å². The summed E-state index contributed by atoms with van der Waals surface area (Å²) in [5.41, 5.74) is 2.44. The molecule has 0 spiro atoms. The van der Waals surface area contributed by atoms with Crippen LogP contribution in [0.5, 0.6) is 5.75 Å². The number of aromatic nitrogens is 2. The van der Waals surface area contributed by atoms with Crippen molar-refractivity contribution in [3.63, 3.8) is 0 Å². The van der Waals surface area contributed by atoms with Gasteiger partial charge in [0.1, 0.15) is 11.6 Å². The lowest BCUT2D eigenvalue weighted by molar-refractivity contribution is 0.416. The zero-order valence-corrected chi connectivity index (χ0v) is 13.6. The van der Waals surface area contributed by atoms with Crippen molar-refractivity contribution in [1.29, 1.82) is 0 Å². The summed E-state index contributed by atoms with van der Waals surface area (Å²) < 4.78 is 29.2. The summed E-state index contributed by atoms with van der Waals surface area (Å²) in [4.78, 5) is 7.55. The van der Waals surface area contributed by atoms with Crippen LogP contribution in [-0.4, -0.2) is 31.8 Å². The van der Waals surface area contributed by atoms with Gasteiger partial charge in [-0.3, -0.25) is 0 Å². The average Bonchev–Trinajstić information content (AvgIpc) is 3.07. The topological polar surface area (TPSA) is 72.1 Å². The summed E-state index contributed by atoms with van der Waals surface area (Å²) in [7, 11) is -1.70. The van der Waals surface area contributed by atoms with Crippen LogP contribution in [0.25, 0.3) is 22.5 Å². The van der Waals surface area contributed by atoms with E-state index in [0.29, 0.717) is 17.1 Å². The number of ether oxygens (including phenoxy) is 1. The maximum absolute atomic E-state index is 11.9. The fourth-order valence-corrected chi connectivity index (χ4v) is 3.11. The number of rotatable bonds is 4. The Labute approximate surface area is 134 Å². The Hall–Kier alpha value is -2.60. The van der Waals surface area contributed by atoms with Crippen LogP contribution in [0.15, 0.2) is 59.8 Å². The molecule has 2 aromatic carbocycles. The number of aromatic amines is 1. The minimum Gasteiger partial charge on any atom is -0.496 e. The van der Waals surface area contributed by atoms with Gasteiger partial charge in [0.2, 0.25) is 0 Å². The van der Waals surface area contributed by atoms with Crippen LogP contribution in [-0.2, 0) is 9.84 Å². The van der Waals surface area contributed by atoms with E-state index in [1.54, 1.807) is 37.7 Å². The zero-order chi connectivity index (χ0) is 16.4. The number of hydrogen-bond donors (Lipinski definition) is 1. The van der Waals surface area contributed by atoms with Gasteiger partial charge < -0.3 is 9.72 Å². The Morgan fingerprint density at radius 3 is 2.48 bits per heavy atom. The molecular formula is C17H16N2O3S. The van der Waals surface area contributed by atoms with Crippen molar-refractivity contribution in [2.45, 2.75) is 4.90 Å². The Balaban J connectivity index is 2.29. The van der Waals surface area contributed by atoms with E-state index in [0.717, 1.165) is 11.1 Å². The lowest BCUT2D eigenvalue weighted by Gasteiger charge is -2.13. The number of sulfone groups is 1. The molecule has 3 aromatic rings. The van der Waals surface area contributed by atoms with Crippen LogP contribution in [0.4, 0.5) is 0 Å². The molecule has 0 bridgehead atoms. The number of benzene rings is 2. The quantitative estimate of drug-likeness (QED) is 0.798. The highest BCUT2D eigenvalue weighted by molar-refractivity contribution is 7.90. The number of imidazole rings is 1. The molecule has 0 saturated carbocycles. The third-order valence-electron chi connectivity index (χ3n) is 3.57. The van der Waals surface area contributed by atoms with E-state index in [1.807, 2.05) is 24.3 Å². The van der Waals surface area contributed by atoms with Gasteiger partial charge in [-0.2, -0.15) is 0 Å². The highest BCUT2D eigenvalue weighted by Gasteiger charge is 2.17. The molecule has 1 heterocycles. The van der Waals surface area contributed by atoms with Crippen molar-refractivity contribution < 1.29 is 13.2 Å². The molecule has 5 nitrogen and oxygen atoms in total. The van der Waals surface area contributed by atoms with Gasteiger partial charge in [0, 0.05) is 29.8 Å². The molecule has 0 amide bonds. The molecule has 0 aliphatic rings. The first-order valence-electron chi connectivity index (χ1n) is 6.98. The monoisotopic (exact) mass is 328 g/mol. The number of methoxy groups -OCH3 is 1. The van der Waals surface area contributed by atoms with Crippen LogP contribution in [0.3, 0.4) is 0 Å². The van der Waals surface area contributed by atoms with Crippen LogP contribution in [0.1, 0.15) is 0 Å². The second-order valence-electron chi connectivity index (χ2n) is 5.12. The molecule has 0 aliphatic heterocycles. The molecule has 23 heavy (non-hydrogen) atoms. The molecule has 1 N–H and O–H groups in total. The van der Waals surface area contributed by atoms with Crippen LogP contribution in [0.2, 0.25) is 0 Å². The summed E-state index contributed by atoms with van der Waals surface area (Å²) in [6, 6.07) is 12.6. The standard InChI is InChI=1S/C17H16N2O3S/c1-22-16-6-4-3-5-14(16)13-8-7-12(23(2,20)21)11-15(13)17-18-9-10-19-17/h3-11H,1-2H3,(H,18,19). The SMILES string of the molecule is COc1ccccc1-c1ccc(S(C)(=O)=O)cc1-c1ncc[nH]1. The van der Waals surface area contributed by atoms with E-state index in [2.05, 4.69) is 9.97 Å². The number of nitrogens with one attached hydrogen (secondary N) is 1. The number of nitrogens with zero attached hydrogens (tertiary/aromatic N) is 1. The van der Waals surface area contributed by atoms with Gasteiger partial charge in [0.05, 0.1) is 12.0 Å². The van der Waals surface area contributed by atoms with Crippen molar-refractivity contribution >= 4 is 9.84 Å². The van der Waals surface area contributed by atoms with E-state index < -0.39 is 9.84 Å². The van der Waals surface area contributed by atoms with Gasteiger partial charge in [-0.05, 0) is 23.8 Å². The number of hydrogen-bond acceptors (Lipinski definition) is 4. The second kappa shape index (κ2) is 5.89. The smallest absolute Gasteiger partial charge is 0.175 e. The van der Waals surface area contributed by atoms with E-state index in [4.69, 9.17) is 4.74 Å². The minimum atomic E-state index is -3.30. The molecule has 3 rings (SSSR count). The Kier molecular flexibility index (Phi) is 3.92. The third-order valence-corrected chi connectivity index (χ3v) is 4.68. The molecule has 0 fully saturated rings. The lowest BCUT2D eigenvalue weighted by Crippen LogP contribution is -1.99. The fourth-order valence-electron chi connectivity index (χ4n) is 2.46. The first kappa shape index (κ1) is 15.3. The molecule has 6 heteroatoms. The third kappa shape index (κ3) is 2.98. The Bertz CT molecular complexity index is 932. The lowest BCUT2D eigenvalue weighted by atomic mass is 9.98. The summed E-state index contributed by atoms with van der Waals surface area (Å²) >= 11 is 0. The van der Waals surface area contributed by atoms with E-state index in [1.165, 1.54) is 6.26 Å². The molecule has 0 radical (unpaired) electrons. The maximum atomic E-state index is 11.9. The van der Waals surface area contributed by atoms with E-state index in [-0.39, 0.29) is 4.90 Å². The largest absolute Gasteiger partial charge is 0.496 e.